The molecule has 0 radical (unpaired) electrons. The Morgan fingerprint density at radius 1 is 1.33 bits per heavy atom. The fraction of sp³-hybridized carbons (Fsp3) is 0.364. The van der Waals surface area contributed by atoms with Gasteiger partial charge in [-0.15, -0.1) is 12.4 Å². The van der Waals surface area contributed by atoms with Crippen LogP contribution in [0.15, 0.2) is 18.2 Å². The van der Waals surface area contributed by atoms with Gasteiger partial charge in [0.15, 0.2) is 6.61 Å². The molecule has 1 N–H and O–H groups in total. The Morgan fingerprint density at radius 3 is 2.52 bits per heavy atom. The maximum absolute atomic E-state index is 13.7. The minimum atomic E-state index is -4.78. The van der Waals surface area contributed by atoms with Gasteiger partial charge in [-0.3, -0.25) is 0 Å². The Balaban J connectivity index is 0.00000220. The quantitative estimate of drug-likeness (QED) is 0.770. The van der Waals surface area contributed by atoms with Crippen molar-refractivity contribution in [2.45, 2.75) is 18.1 Å². The number of benzene rings is 1. The number of amides is 1. The molecule has 0 spiro atoms. The molecule has 1 fully saturated rings. The van der Waals surface area contributed by atoms with Crippen LogP contribution in [0.1, 0.15) is 17.2 Å². The zero-order valence-electron chi connectivity index (χ0n) is 10.0. The number of cyclic esters (lactones) is 1. The number of carbonyl (C=O) groups excluding carboxylic acids is 1. The molecule has 0 saturated carbocycles. The number of alkyl carbamates (subject to hydrolysis) is 1. The lowest BCUT2D eigenvalue weighted by Gasteiger charge is -2.32. The molecule has 1 aliphatic heterocycles. The third-order valence-electron chi connectivity index (χ3n) is 2.73. The summed E-state index contributed by atoms with van der Waals surface area (Å²) in [6.07, 6.45) is -5.92. The van der Waals surface area contributed by atoms with Crippen molar-refractivity contribution >= 4 is 30.1 Å². The number of ether oxygens (including phenoxy) is 1. The van der Waals surface area contributed by atoms with Gasteiger partial charge in [0, 0.05) is 0 Å². The molecule has 1 atom stereocenters. The van der Waals surface area contributed by atoms with E-state index in [1.165, 1.54) is 0 Å². The van der Waals surface area contributed by atoms with E-state index in [2.05, 4.69) is 4.74 Å². The molecule has 1 aromatic rings. The van der Waals surface area contributed by atoms with Crippen LogP contribution in [0.25, 0.3) is 0 Å². The minimum absolute atomic E-state index is 0. The van der Waals surface area contributed by atoms with Gasteiger partial charge in [0.2, 0.25) is 0 Å². The van der Waals surface area contributed by atoms with Crippen molar-refractivity contribution < 1.29 is 31.5 Å². The molecular weight excluding hydrogens is 344 g/mol. The van der Waals surface area contributed by atoms with Crippen molar-refractivity contribution in [3.63, 3.8) is 0 Å². The van der Waals surface area contributed by atoms with Crippen molar-refractivity contribution in [2.75, 3.05) is 6.61 Å². The van der Waals surface area contributed by atoms with Crippen LogP contribution >= 0.6 is 24.0 Å². The first kappa shape index (κ1) is 17.8. The van der Waals surface area contributed by atoms with E-state index in [0.29, 0.717) is 6.07 Å². The van der Waals surface area contributed by atoms with Gasteiger partial charge in [-0.25, -0.2) is 13.6 Å². The van der Waals surface area contributed by atoms with Crippen molar-refractivity contribution in [3.8, 4) is 0 Å². The van der Waals surface area contributed by atoms with Crippen LogP contribution in [-0.2, 0) is 10.9 Å². The minimum Gasteiger partial charge on any atom is -0.443 e. The maximum atomic E-state index is 13.7. The molecule has 0 aromatic heterocycles. The SMILES string of the molecule is Cl.O=C1N[C@@H](c2cccc(C(F)(F)F)c2Cl)C(F)(F)CO1. The summed E-state index contributed by atoms with van der Waals surface area (Å²) in [4.78, 5) is 11.0. The average molecular weight is 352 g/mol. The standard InChI is InChI=1S/C11H7ClF5NO2.ClH/c12-7-5(2-1-3-6(7)11(15,16)17)8-10(13,14)4-20-9(19)18-8;/h1-3,8H,4H2,(H,18,19);1H/t8-;/m0./s1. The summed E-state index contributed by atoms with van der Waals surface area (Å²) in [5.74, 6) is -3.57. The number of alkyl halides is 5. The topological polar surface area (TPSA) is 38.3 Å². The van der Waals surface area contributed by atoms with Crippen LogP contribution in [0.2, 0.25) is 5.02 Å². The summed E-state index contributed by atoms with van der Waals surface area (Å²) in [5, 5.41) is 0.911. The van der Waals surface area contributed by atoms with Crippen LogP contribution in [0.3, 0.4) is 0 Å². The smallest absolute Gasteiger partial charge is 0.417 e. The highest BCUT2D eigenvalue weighted by molar-refractivity contribution is 6.32. The predicted octanol–water partition coefficient (Wildman–Crippen LogP) is 4.20. The largest absolute Gasteiger partial charge is 0.443 e. The molecule has 2 rings (SSSR count). The van der Waals surface area contributed by atoms with E-state index in [4.69, 9.17) is 11.6 Å². The Labute approximate surface area is 126 Å². The molecule has 118 valence electrons. The van der Waals surface area contributed by atoms with Gasteiger partial charge in [0.1, 0.15) is 6.04 Å². The molecular formula is C11H8Cl2F5NO2. The molecule has 0 bridgehead atoms. The molecule has 1 heterocycles. The number of halogens is 7. The highest BCUT2D eigenvalue weighted by Gasteiger charge is 2.48. The Bertz CT molecular complexity index is 550. The zero-order chi connectivity index (χ0) is 15.1. The highest BCUT2D eigenvalue weighted by atomic mass is 35.5. The first-order chi connectivity index (χ1) is 9.13. The van der Waals surface area contributed by atoms with Gasteiger partial charge < -0.3 is 10.1 Å². The number of nitrogens with one attached hydrogen (secondary N) is 1. The molecule has 1 amide bonds. The zero-order valence-corrected chi connectivity index (χ0v) is 11.6. The van der Waals surface area contributed by atoms with Crippen molar-refractivity contribution in [2.24, 2.45) is 0 Å². The third-order valence-corrected chi connectivity index (χ3v) is 3.15. The molecule has 0 aliphatic carbocycles. The van der Waals surface area contributed by atoms with E-state index in [9.17, 15) is 26.7 Å². The van der Waals surface area contributed by atoms with Crippen molar-refractivity contribution in [3.05, 3.63) is 34.3 Å². The fourth-order valence-electron chi connectivity index (χ4n) is 1.81. The van der Waals surface area contributed by atoms with Gasteiger partial charge in [-0.2, -0.15) is 13.2 Å². The normalized spacial score (nSPS) is 21.0. The molecule has 10 heteroatoms. The molecule has 1 aromatic carbocycles. The predicted molar refractivity (Wildman–Crippen MR) is 65.9 cm³/mol. The summed E-state index contributed by atoms with van der Waals surface area (Å²) in [6, 6.07) is 0.646. The Hall–Kier alpha value is -1.28. The highest BCUT2D eigenvalue weighted by Crippen LogP contribution is 2.42. The lowest BCUT2D eigenvalue weighted by atomic mass is 9.98. The summed E-state index contributed by atoms with van der Waals surface area (Å²) in [6.45, 7) is -1.23. The third kappa shape index (κ3) is 3.49. The van der Waals surface area contributed by atoms with Gasteiger partial charge in [0.05, 0.1) is 10.6 Å². The number of rotatable bonds is 1. The van der Waals surface area contributed by atoms with Crippen LogP contribution < -0.4 is 5.32 Å². The molecule has 1 saturated heterocycles. The van der Waals surface area contributed by atoms with E-state index >= 15 is 0 Å². The lowest BCUT2D eigenvalue weighted by Crippen LogP contribution is -2.49. The molecule has 3 nitrogen and oxygen atoms in total. The second-order valence-electron chi connectivity index (χ2n) is 4.12. The fourth-order valence-corrected chi connectivity index (χ4v) is 2.15. The summed E-state index contributed by atoms with van der Waals surface area (Å²) in [7, 11) is 0. The molecule has 0 unspecified atom stereocenters. The maximum Gasteiger partial charge on any atom is 0.417 e. The number of carbonyl (C=O) groups is 1. The first-order valence-corrected chi connectivity index (χ1v) is 5.67. The van der Waals surface area contributed by atoms with Crippen LogP contribution in [0, 0.1) is 0 Å². The Morgan fingerprint density at radius 2 is 1.95 bits per heavy atom. The molecule has 21 heavy (non-hydrogen) atoms. The average Bonchev–Trinajstić information content (AvgIpc) is 2.31. The van der Waals surface area contributed by atoms with E-state index in [1.807, 2.05) is 0 Å². The summed E-state index contributed by atoms with van der Waals surface area (Å²) >= 11 is 5.56. The number of hydrogen-bond donors (Lipinski definition) is 1. The van der Waals surface area contributed by atoms with Gasteiger partial charge in [-0.1, -0.05) is 23.7 Å². The van der Waals surface area contributed by atoms with Crippen LogP contribution in [0.4, 0.5) is 26.7 Å². The van der Waals surface area contributed by atoms with E-state index < -0.39 is 47.0 Å². The lowest BCUT2D eigenvalue weighted by molar-refractivity contribution is -0.137. The number of hydrogen-bond acceptors (Lipinski definition) is 2. The first-order valence-electron chi connectivity index (χ1n) is 5.29. The summed E-state index contributed by atoms with van der Waals surface area (Å²) in [5.41, 5.74) is -1.75. The monoisotopic (exact) mass is 351 g/mol. The van der Waals surface area contributed by atoms with Gasteiger partial charge >= 0.3 is 18.2 Å². The van der Waals surface area contributed by atoms with E-state index in [-0.39, 0.29) is 12.4 Å². The van der Waals surface area contributed by atoms with Crippen molar-refractivity contribution in [1.29, 1.82) is 0 Å². The van der Waals surface area contributed by atoms with Crippen LogP contribution in [-0.4, -0.2) is 18.6 Å². The van der Waals surface area contributed by atoms with Gasteiger partial charge in [0.25, 0.3) is 0 Å². The summed E-state index contributed by atoms with van der Waals surface area (Å²) < 4.78 is 69.5. The van der Waals surface area contributed by atoms with Crippen LogP contribution in [0.5, 0.6) is 0 Å². The van der Waals surface area contributed by atoms with Gasteiger partial charge in [-0.05, 0) is 11.6 Å². The Kier molecular flexibility index (Phi) is 4.94. The van der Waals surface area contributed by atoms with E-state index in [0.717, 1.165) is 12.1 Å². The second-order valence-corrected chi connectivity index (χ2v) is 4.50. The van der Waals surface area contributed by atoms with Crippen molar-refractivity contribution in [1.82, 2.24) is 5.32 Å². The van der Waals surface area contributed by atoms with E-state index in [1.54, 1.807) is 5.32 Å². The molecule has 1 aliphatic rings. The second kappa shape index (κ2) is 5.84.